The van der Waals surface area contributed by atoms with Gasteiger partial charge in [0.1, 0.15) is 6.04 Å². The van der Waals surface area contributed by atoms with Gasteiger partial charge < -0.3 is 13.8 Å². The van der Waals surface area contributed by atoms with Crippen molar-refractivity contribution < 1.29 is 27.1 Å². The van der Waals surface area contributed by atoms with E-state index in [-0.39, 0.29) is 5.97 Å². The van der Waals surface area contributed by atoms with Crippen molar-refractivity contribution in [3.63, 3.8) is 0 Å². The first-order valence-electron chi connectivity index (χ1n) is 7.49. The average molecular weight is 418 g/mol. The molecule has 7 nitrogen and oxygen atoms in total. The fraction of sp³-hybridized carbons (Fsp3) is 0.312. The number of carbonyl (C=O) groups excluding carboxylic acids is 1. The van der Waals surface area contributed by atoms with Gasteiger partial charge in [-0.25, -0.2) is 4.79 Å². The van der Waals surface area contributed by atoms with Crippen LogP contribution in [0.4, 0.5) is 0 Å². The Morgan fingerprint density at radius 1 is 1.31 bits per heavy atom. The molecule has 1 aliphatic rings. The Morgan fingerprint density at radius 3 is 2.58 bits per heavy atom. The van der Waals surface area contributed by atoms with Gasteiger partial charge in [-0.2, -0.15) is 0 Å². The van der Waals surface area contributed by atoms with Crippen LogP contribution in [0.15, 0.2) is 35.7 Å². The van der Waals surface area contributed by atoms with Crippen LogP contribution < -0.4 is 0 Å². The summed E-state index contributed by atoms with van der Waals surface area (Å²) >= 11 is 8.07. The zero-order valence-corrected chi connectivity index (χ0v) is 16.1. The number of fused-ring (bicyclic) bond motifs is 1. The number of thiophene rings is 1. The Bertz CT molecular complexity index is 859. The number of hydrogen-bond acceptors (Lipinski definition) is 8. The molecule has 0 bridgehead atoms. The molecule has 0 unspecified atom stereocenters. The van der Waals surface area contributed by atoms with Crippen LogP contribution in [0.1, 0.15) is 22.0 Å². The van der Waals surface area contributed by atoms with E-state index in [1.54, 1.807) is 11.3 Å². The zero-order chi connectivity index (χ0) is 19.3. The summed E-state index contributed by atoms with van der Waals surface area (Å²) in [6.45, 7) is 1.59. The van der Waals surface area contributed by atoms with Crippen molar-refractivity contribution in [2.75, 3.05) is 13.7 Å². The fourth-order valence-electron chi connectivity index (χ4n) is 2.77. The number of nitrogens with zero attached hydrogens (tertiary/aromatic N) is 1. The highest BCUT2D eigenvalue weighted by Crippen LogP contribution is 2.33. The molecule has 2 aromatic rings. The second-order valence-corrected chi connectivity index (χ2v) is 7.67. The SMILES string of the molecule is COC(=O)[C@H](c1ccccc1Cl)N1CCc2sccc2C1.O=S(=O)([O-])[O-]. The van der Waals surface area contributed by atoms with Crippen LogP contribution in [0, 0.1) is 0 Å². The van der Waals surface area contributed by atoms with Gasteiger partial charge in [0.05, 0.1) is 7.11 Å². The normalized spacial score (nSPS) is 15.4. The third-order valence-electron chi connectivity index (χ3n) is 3.83. The van der Waals surface area contributed by atoms with Gasteiger partial charge in [0.15, 0.2) is 0 Å². The lowest BCUT2D eigenvalue weighted by atomic mass is 10.0. The lowest BCUT2D eigenvalue weighted by molar-refractivity contribution is -0.147. The predicted octanol–water partition coefficient (Wildman–Crippen LogP) is 2.34. The van der Waals surface area contributed by atoms with E-state index in [1.165, 1.54) is 17.6 Å². The van der Waals surface area contributed by atoms with Crippen LogP contribution in [0.2, 0.25) is 5.02 Å². The average Bonchev–Trinajstić information content (AvgIpc) is 3.03. The summed E-state index contributed by atoms with van der Waals surface area (Å²) in [4.78, 5) is 15.8. The van der Waals surface area contributed by atoms with Gasteiger partial charge in [0.25, 0.3) is 0 Å². The molecule has 3 rings (SSSR count). The highest BCUT2D eigenvalue weighted by atomic mass is 35.5. The molecule has 0 radical (unpaired) electrons. The Kier molecular flexibility index (Phi) is 7.16. The molecule has 0 N–H and O–H groups in total. The number of benzene rings is 1. The summed E-state index contributed by atoms with van der Waals surface area (Å²) in [6.07, 6.45) is 0.963. The Labute approximate surface area is 160 Å². The lowest BCUT2D eigenvalue weighted by Gasteiger charge is -2.33. The van der Waals surface area contributed by atoms with Crippen LogP contribution in [0.3, 0.4) is 0 Å². The molecule has 0 saturated heterocycles. The predicted molar refractivity (Wildman–Crippen MR) is 95.1 cm³/mol. The number of ether oxygens (including phenoxy) is 1. The first-order chi connectivity index (χ1) is 12.2. The van der Waals surface area contributed by atoms with Crippen molar-refractivity contribution in [2.45, 2.75) is 19.0 Å². The first-order valence-corrected chi connectivity index (χ1v) is 10.1. The minimum Gasteiger partial charge on any atom is -0.759 e. The largest absolute Gasteiger partial charge is 0.759 e. The number of halogens is 1. The summed E-state index contributed by atoms with van der Waals surface area (Å²) in [5.41, 5.74) is 2.11. The standard InChI is InChI=1S/C16H16ClNO2S.H2O4S/c1-20-16(19)15(12-4-2-3-5-13(12)17)18-8-6-14-11(10-18)7-9-21-14;1-5(2,3)4/h2-5,7,9,15H,6,8,10H2,1H3;(H2,1,2,3,4)/p-2/t15-;/m0./s1. The molecule has 0 amide bonds. The summed E-state index contributed by atoms with van der Waals surface area (Å²) in [5.74, 6) is -0.262. The maximum Gasteiger partial charge on any atom is 0.327 e. The molecule has 1 aromatic carbocycles. The van der Waals surface area contributed by atoms with Crippen molar-refractivity contribution in [1.82, 2.24) is 4.90 Å². The zero-order valence-electron chi connectivity index (χ0n) is 13.8. The van der Waals surface area contributed by atoms with E-state index in [1.807, 2.05) is 24.3 Å². The molecule has 0 saturated carbocycles. The second-order valence-electron chi connectivity index (χ2n) is 5.44. The quantitative estimate of drug-likeness (QED) is 0.428. The summed E-state index contributed by atoms with van der Waals surface area (Å²) in [5, 5.41) is 2.71. The first kappa shape index (κ1) is 20.8. The molecule has 1 aromatic heterocycles. The van der Waals surface area contributed by atoms with Crippen LogP contribution >= 0.6 is 22.9 Å². The van der Waals surface area contributed by atoms with Crippen LogP contribution in [0.5, 0.6) is 0 Å². The summed E-state index contributed by atoms with van der Waals surface area (Å²) in [6, 6.07) is 9.16. The molecule has 0 spiro atoms. The molecular weight excluding hydrogens is 402 g/mol. The van der Waals surface area contributed by atoms with Crippen molar-refractivity contribution in [3.05, 3.63) is 56.7 Å². The van der Waals surface area contributed by atoms with Crippen molar-refractivity contribution in [2.24, 2.45) is 0 Å². The van der Waals surface area contributed by atoms with Gasteiger partial charge in [0.2, 0.25) is 0 Å². The van der Waals surface area contributed by atoms with E-state index in [9.17, 15) is 4.79 Å². The molecule has 10 heteroatoms. The monoisotopic (exact) mass is 417 g/mol. The second kappa shape index (κ2) is 8.94. The highest BCUT2D eigenvalue weighted by molar-refractivity contribution is 7.79. The molecule has 0 fully saturated rings. The third-order valence-corrected chi connectivity index (χ3v) is 5.19. The fourth-order valence-corrected chi connectivity index (χ4v) is 3.90. The number of methoxy groups -OCH3 is 1. The van der Waals surface area contributed by atoms with E-state index < -0.39 is 16.4 Å². The summed E-state index contributed by atoms with van der Waals surface area (Å²) in [7, 11) is -3.74. The van der Waals surface area contributed by atoms with E-state index in [0.717, 1.165) is 25.1 Å². The van der Waals surface area contributed by atoms with E-state index >= 15 is 0 Å². The third kappa shape index (κ3) is 5.76. The van der Waals surface area contributed by atoms with E-state index in [4.69, 9.17) is 33.9 Å². The molecule has 142 valence electrons. The van der Waals surface area contributed by atoms with Crippen molar-refractivity contribution in [3.8, 4) is 0 Å². The lowest BCUT2D eigenvalue weighted by Crippen LogP contribution is -2.38. The van der Waals surface area contributed by atoms with Gasteiger partial charge >= 0.3 is 5.97 Å². The Hall–Kier alpha value is -1.49. The van der Waals surface area contributed by atoms with Crippen LogP contribution in [-0.4, -0.2) is 42.0 Å². The van der Waals surface area contributed by atoms with Gasteiger partial charge in [-0.15, -0.1) is 11.3 Å². The van der Waals surface area contributed by atoms with Crippen molar-refractivity contribution >= 4 is 39.3 Å². The molecule has 0 aliphatic carbocycles. The maximum absolute atomic E-state index is 12.3. The summed E-state index contributed by atoms with van der Waals surface area (Å²) < 4.78 is 39.1. The van der Waals surface area contributed by atoms with Gasteiger partial charge in [0, 0.05) is 33.4 Å². The van der Waals surface area contributed by atoms with E-state index in [2.05, 4.69) is 16.3 Å². The maximum atomic E-state index is 12.3. The number of rotatable bonds is 3. The Balaban J connectivity index is 0.000000431. The molecule has 26 heavy (non-hydrogen) atoms. The van der Waals surface area contributed by atoms with E-state index in [0.29, 0.717) is 5.02 Å². The topological polar surface area (TPSA) is 110 Å². The minimum absolute atomic E-state index is 0.262. The van der Waals surface area contributed by atoms with Gasteiger partial charge in [-0.05, 0) is 35.1 Å². The molecule has 1 aliphatic heterocycles. The number of hydrogen-bond donors (Lipinski definition) is 0. The molecule has 2 heterocycles. The van der Waals surface area contributed by atoms with Crippen LogP contribution in [0.25, 0.3) is 0 Å². The number of esters is 1. The molecule has 1 atom stereocenters. The highest BCUT2D eigenvalue weighted by Gasteiger charge is 2.32. The minimum atomic E-state index is -5.17. The smallest absolute Gasteiger partial charge is 0.327 e. The van der Waals surface area contributed by atoms with Crippen molar-refractivity contribution in [1.29, 1.82) is 0 Å². The van der Waals surface area contributed by atoms with Gasteiger partial charge in [-0.1, -0.05) is 29.8 Å². The van der Waals surface area contributed by atoms with Crippen LogP contribution in [-0.2, 0) is 32.9 Å². The number of carbonyl (C=O) groups is 1. The van der Waals surface area contributed by atoms with Gasteiger partial charge in [-0.3, -0.25) is 13.3 Å². The Morgan fingerprint density at radius 2 is 1.96 bits per heavy atom. The molecular formula is C16H16ClNO6S2-2.